The molecule has 1 fully saturated rings. The smallest absolute Gasteiger partial charge is 0.00828 e. The van der Waals surface area contributed by atoms with Crippen molar-refractivity contribution in [1.82, 2.24) is 0 Å². The van der Waals surface area contributed by atoms with Gasteiger partial charge in [-0.3, -0.25) is 0 Å². The summed E-state index contributed by atoms with van der Waals surface area (Å²) in [7, 11) is 0. The molecule has 0 atom stereocenters. The molecule has 1 aliphatic rings. The molecule has 1 rings (SSSR count). The summed E-state index contributed by atoms with van der Waals surface area (Å²) in [5, 5.41) is 1.13. The fourth-order valence-corrected chi connectivity index (χ4v) is 2.81. The maximum absolute atomic E-state index is 3.60. The normalized spacial score (nSPS) is 23.0. The maximum atomic E-state index is 3.60. The second-order valence-electron chi connectivity index (χ2n) is 5.49. The van der Waals surface area contributed by atoms with Gasteiger partial charge in [-0.05, 0) is 30.1 Å². The summed E-state index contributed by atoms with van der Waals surface area (Å²) in [5.41, 5.74) is 1.14. The van der Waals surface area contributed by atoms with Gasteiger partial charge in [0, 0.05) is 5.33 Å². The van der Waals surface area contributed by atoms with Crippen LogP contribution in [0.25, 0.3) is 0 Å². The minimum absolute atomic E-state index is 0.485. The predicted octanol–water partition coefficient (Wildman–Crippen LogP) is 4.38. The van der Waals surface area contributed by atoms with Crippen molar-refractivity contribution in [1.29, 1.82) is 0 Å². The largest absolute Gasteiger partial charge is 0.0922 e. The number of halogens is 1. The van der Waals surface area contributed by atoms with E-state index in [9.17, 15) is 0 Å². The first-order chi connectivity index (χ1) is 5.47. The zero-order valence-corrected chi connectivity index (χ0v) is 10.2. The van der Waals surface area contributed by atoms with E-state index in [0.29, 0.717) is 10.8 Å². The van der Waals surface area contributed by atoms with E-state index in [2.05, 4.69) is 36.7 Å². The van der Waals surface area contributed by atoms with Crippen molar-refractivity contribution in [3.8, 4) is 0 Å². The first-order valence-corrected chi connectivity index (χ1v) is 6.16. The molecule has 0 aliphatic heterocycles. The number of rotatable bonds is 3. The van der Waals surface area contributed by atoms with Crippen LogP contribution in [-0.4, -0.2) is 5.33 Å². The molecule has 0 aromatic heterocycles. The van der Waals surface area contributed by atoms with Crippen LogP contribution in [0.4, 0.5) is 0 Å². The van der Waals surface area contributed by atoms with Crippen molar-refractivity contribution >= 4 is 15.9 Å². The van der Waals surface area contributed by atoms with Gasteiger partial charge in [-0.2, -0.15) is 0 Å². The highest BCUT2D eigenvalue weighted by molar-refractivity contribution is 9.09. The summed E-state index contributed by atoms with van der Waals surface area (Å²) in [4.78, 5) is 0. The predicted molar refractivity (Wildman–Crippen MR) is 58.8 cm³/mol. The molecule has 0 N–H and O–H groups in total. The van der Waals surface area contributed by atoms with Crippen molar-refractivity contribution in [3.05, 3.63) is 0 Å². The van der Waals surface area contributed by atoms with Crippen LogP contribution in [0.5, 0.6) is 0 Å². The van der Waals surface area contributed by atoms with E-state index in [4.69, 9.17) is 0 Å². The Morgan fingerprint density at radius 3 is 2.17 bits per heavy atom. The van der Waals surface area contributed by atoms with Crippen molar-refractivity contribution in [2.75, 3.05) is 5.33 Å². The van der Waals surface area contributed by atoms with Gasteiger partial charge in [0.15, 0.2) is 0 Å². The molecule has 0 bridgehead atoms. The average Bonchev–Trinajstić information content (AvgIpc) is 2.35. The summed E-state index contributed by atoms with van der Waals surface area (Å²) >= 11 is 3.60. The fraction of sp³-hybridized carbons (Fsp3) is 1.00. The molecule has 12 heavy (non-hydrogen) atoms. The highest BCUT2D eigenvalue weighted by Gasteiger charge is 2.34. The van der Waals surface area contributed by atoms with Gasteiger partial charge in [0.1, 0.15) is 0 Å². The molecule has 0 unspecified atom stereocenters. The van der Waals surface area contributed by atoms with E-state index in [1.807, 2.05) is 0 Å². The molecule has 1 heteroatoms. The lowest BCUT2D eigenvalue weighted by atomic mass is 9.74. The quantitative estimate of drug-likeness (QED) is 0.634. The Balaban J connectivity index is 2.48. The van der Waals surface area contributed by atoms with Crippen LogP contribution >= 0.6 is 15.9 Å². The molecular weight excluding hydrogens is 212 g/mol. The maximum Gasteiger partial charge on any atom is 0.00828 e. The summed E-state index contributed by atoms with van der Waals surface area (Å²) in [5.74, 6) is 0. The molecule has 1 saturated carbocycles. The molecule has 0 radical (unpaired) electrons. The lowest BCUT2D eigenvalue weighted by Gasteiger charge is -2.33. The first kappa shape index (κ1) is 10.6. The van der Waals surface area contributed by atoms with Gasteiger partial charge in [0.25, 0.3) is 0 Å². The van der Waals surface area contributed by atoms with Gasteiger partial charge in [0.2, 0.25) is 0 Å². The molecular formula is C11H21Br. The van der Waals surface area contributed by atoms with E-state index in [1.165, 1.54) is 32.1 Å². The van der Waals surface area contributed by atoms with Gasteiger partial charge < -0.3 is 0 Å². The summed E-state index contributed by atoms with van der Waals surface area (Å²) in [6, 6.07) is 0. The van der Waals surface area contributed by atoms with E-state index in [0.717, 1.165) is 5.33 Å². The fourth-order valence-electron chi connectivity index (χ4n) is 2.61. The third-order valence-corrected chi connectivity index (χ3v) is 4.60. The Bertz CT molecular complexity index is 143. The SMILES string of the molecule is CC(C)(CBr)CC1(C)CCCC1. The molecule has 1 aliphatic carbocycles. The van der Waals surface area contributed by atoms with Gasteiger partial charge in [-0.25, -0.2) is 0 Å². The van der Waals surface area contributed by atoms with Crippen LogP contribution in [-0.2, 0) is 0 Å². The number of hydrogen-bond donors (Lipinski definition) is 0. The van der Waals surface area contributed by atoms with Crippen molar-refractivity contribution < 1.29 is 0 Å². The topological polar surface area (TPSA) is 0 Å². The standard InChI is InChI=1S/C11H21Br/c1-10(2,9-12)8-11(3)6-4-5-7-11/h4-9H2,1-3H3. The highest BCUT2D eigenvalue weighted by Crippen LogP contribution is 2.46. The second kappa shape index (κ2) is 3.69. The Hall–Kier alpha value is 0.480. The van der Waals surface area contributed by atoms with E-state index in [1.54, 1.807) is 0 Å². The summed E-state index contributed by atoms with van der Waals surface area (Å²) in [6.45, 7) is 7.20. The Morgan fingerprint density at radius 2 is 1.75 bits per heavy atom. The molecule has 0 spiro atoms. The lowest BCUT2D eigenvalue weighted by Crippen LogP contribution is -2.24. The van der Waals surface area contributed by atoms with E-state index < -0.39 is 0 Å². The third kappa shape index (κ3) is 2.76. The molecule has 0 aromatic carbocycles. The van der Waals surface area contributed by atoms with Crippen LogP contribution in [0.15, 0.2) is 0 Å². The molecule has 72 valence electrons. The second-order valence-corrected chi connectivity index (χ2v) is 6.05. The van der Waals surface area contributed by atoms with E-state index in [-0.39, 0.29) is 0 Å². The molecule has 0 amide bonds. The minimum Gasteiger partial charge on any atom is -0.0922 e. The highest BCUT2D eigenvalue weighted by atomic mass is 79.9. The van der Waals surface area contributed by atoms with Gasteiger partial charge in [0.05, 0.1) is 0 Å². The van der Waals surface area contributed by atoms with Crippen LogP contribution in [0.3, 0.4) is 0 Å². The minimum atomic E-state index is 0.485. The Morgan fingerprint density at radius 1 is 1.25 bits per heavy atom. The molecule has 0 nitrogen and oxygen atoms in total. The Kier molecular flexibility index (Phi) is 3.25. The summed E-state index contributed by atoms with van der Waals surface area (Å²) < 4.78 is 0. The number of hydrogen-bond acceptors (Lipinski definition) is 0. The third-order valence-electron chi connectivity index (χ3n) is 3.08. The monoisotopic (exact) mass is 232 g/mol. The van der Waals surface area contributed by atoms with E-state index >= 15 is 0 Å². The molecule has 0 heterocycles. The van der Waals surface area contributed by atoms with Crippen molar-refractivity contribution in [3.63, 3.8) is 0 Å². The Labute approximate surface area is 85.3 Å². The van der Waals surface area contributed by atoms with Gasteiger partial charge in [-0.1, -0.05) is 49.5 Å². The van der Waals surface area contributed by atoms with Crippen LogP contribution in [0.2, 0.25) is 0 Å². The first-order valence-electron chi connectivity index (χ1n) is 5.04. The van der Waals surface area contributed by atoms with Crippen molar-refractivity contribution in [2.24, 2.45) is 10.8 Å². The van der Waals surface area contributed by atoms with Crippen LogP contribution in [0.1, 0.15) is 52.9 Å². The number of alkyl halides is 1. The average molecular weight is 233 g/mol. The zero-order valence-electron chi connectivity index (χ0n) is 8.62. The van der Waals surface area contributed by atoms with Gasteiger partial charge >= 0.3 is 0 Å². The zero-order chi connectivity index (χ0) is 9.24. The van der Waals surface area contributed by atoms with Crippen LogP contribution in [0, 0.1) is 10.8 Å². The van der Waals surface area contributed by atoms with Crippen LogP contribution < -0.4 is 0 Å². The molecule has 0 saturated heterocycles. The molecule has 0 aromatic rings. The summed E-state index contributed by atoms with van der Waals surface area (Å²) in [6.07, 6.45) is 7.18. The van der Waals surface area contributed by atoms with Gasteiger partial charge in [-0.15, -0.1) is 0 Å². The lowest BCUT2D eigenvalue weighted by molar-refractivity contribution is 0.202. The van der Waals surface area contributed by atoms with Crippen molar-refractivity contribution in [2.45, 2.75) is 52.9 Å².